The minimum Gasteiger partial charge on any atom is -0.495 e. The number of piperidine rings is 1. The molecule has 28 heavy (non-hydrogen) atoms. The fraction of sp³-hybridized carbons (Fsp3) is 0.444. The number of amides is 1. The van der Waals surface area contributed by atoms with Gasteiger partial charge in [0.2, 0.25) is 10.0 Å². The summed E-state index contributed by atoms with van der Waals surface area (Å²) in [5.41, 5.74) is 0.390. The average molecular weight is 409 g/mol. The summed E-state index contributed by atoms with van der Waals surface area (Å²) in [5, 5.41) is 6.33. The summed E-state index contributed by atoms with van der Waals surface area (Å²) >= 11 is 0. The number of benzene rings is 1. The number of nitrogens with zero attached hydrogens (tertiary/aromatic N) is 2. The van der Waals surface area contributed by atoms with Gasteiger partial charge in [0.25, 0.3) is 5.91 Å². The Labute approximate surface area is 163 Å². The smallest absolute Gasteiger partial charge is 0.277 e. The van der Waals surface area contributed by atoms with Crippen LogP contribution in [0.3, 0.4) is 0 Å². The summed E-state index contributed by atoms with van der Waals surface area (Å²) in [5.74, 6) is 0.126. The Balaban J connectivity index is 1.84. The number of carbonyl (C=O) groups is 1. The zero-order valence-electron chi connectivity index (χ0n) is 15.8. The summed E-state index contributed by atoms with van der Waals surface area (Å²) in [7, 11) is -0.808. The molecular weight excluding hydrogens is 386 g/mol. The third kappa shape index (κ3) is 4.34. The van der Waals surface area contributed by atoms with Gasteiger partial charge in [0.05, 0.1) is 7.11 Å². The van der Waals surface area contributed by atoms with E-state index in [1.54, 1.807) is 6.07 Å². The van der Waals surface area contributed by atoms with E-state index in [0.29, 0.717) is 24.5 Å². The summed E-state index contributed by atoms with van der Waals surface area (Å²) in [4.78, 5) is 12.4. The fourth-order valence-corrected chi connectivity index (χ4v) is 4.72. The standard InChI is InChI=1S/C18H23N3O6S/c1-25-12-14-11-15(20-27-14)18(22)19-13-6-7-16(26-2)17(10-13)28(23,24)21-8-4-3-5-9-21/h6-7,10-11H,3-5,8-9,12H2,1-2H3,(H,19,22). The van der Waals surface area contributed by atoms with Crippen LogP contribution >= 0.6 is 0 Å². The Morgan fingerprint density at radius 1 is 1.21 bits per heavy atom. The molecule has 2 aromatic rings. The number of ether oxygens (including phenoxy) is 2. The number of hydrogen-bond donors (Lipinski definition) is 1. The van der Waals surface area contributed by atoms with Crippen LogP contribution in [0.1, 0.15) is 35.5 Å². The van der Waals surface area contributed by atoms with E-state index in [4.69, 9.17) is 14.0 Å². The van der Waals surface area contributed by atoms with Gasteiger partial charge in [-0.2, -0.15) is 4.31 Å². The largest absolute Gasteiger partial charge is 0.495 e. The lowest BCUT2D eigenvalue weighted by atomic mass is 10.2. The molecule has 1 amide bonds. The maximum absolute atomic E-state index is 13.0. The number of hydrogen-bond acceptors (Lipinski definition) is 7. The molecule has 0 radical (unpaired) electrons. The van der Waals surface area contributed by atoms with Gasteiger partial charge in [0, 0.05) is 32.0 Å². The van der Waals surface area contributed by atoms with Crippen molar-refractivity contribution in [3.63, 3.8) is 0 Å². The molecule has 9 nitrogen and oxygen atoms in total. The van der Waals surface area contributed by atoms with Crippen LogP contribution < -0.4 is 10.1 Å². The average Bonchev–Trinajstić information content (AvgIpc) is 3.18. The van der Waals surface area contributed by atoms with Crippen molar-refractivity contribution in [1.29, 1.82) is 0 Å². The number of anilines is 1. The fourth-order valence-electron chi connectivity index (χ4n) is 3.03. The van der Waals surface area contributed by atoms with Crippen LogP contribution in [0.4, 0.5) is 5.69 Å². The predicted octanol–water partition coefficient (Wildman–Crippen LogP) is 2.26. The molecule has 0 saturated carbocycles. The van der Waals surface area contributed by atoms with E-state index in [0.717, 1.165) is 19.3 Å². The molecule has 0 spiro atoms. The highest BCUT2D eigenvalue weighted by molar-refractivity contribution is 7.89. The number of carbonyl (C=O) groups excluding carboxylic acids is 1. The SMILES string of the molecule is COCc1cc(C(=O)Nc2ccc(OC)c(S(=O)(=O)N3CCCCC3)c2)no1. The second-order valence-corrected chi connectivity index (χ2v) is 8.30. The van der Waals surface area contributed by atoms with Crippen molar-refractivity contribution >= 4 is 21.6 Å². The molecule has 1 N–H and O–H groups in total. The Morgan fingerprint density at radius 2 is 1.96 bits per heavy atom. The van der Waals surface area contributed by atoms with Crippen molar-refractivity contribution in [1.82, 2.24) is 9.46 Å². The number of aromatic nitrogens is 1. The van der Waals surface area contributed by atoms with Crippen molar-refractivity contribution in [3.05, 3.63) is 35.7 Å². The van der Waals surface area contributed by atoms with Gasteiger partial charge in [-0.25, -0.2) is 8.42 Å². The normalized spacial score (nSPS) is 15.4. The van der Waals surface area contributed by atoms with Crippen LogP contribution in [-0.2, 0) is 21.4 Å². The maximum atomic E-state index is 13.0. The highest BCUT2D eigenvalue weighted by Crippen LogP contribution is 2.31. The van der Waals surface area contributed by atoms with Gasteiger partial charge in [0.15, 0.2) is 11.5 Å². The lowest BCUT2D eigenvalue weighted by Crippen LogP contribution is -2.35. The topological polar surface area (TPSA) is 111 Å². The first kappa shape index (κ1) is 20.3. The lowest BCUT2D eigenvalue weighted by molar-refractivity contribution is 0.101. The van der Waals surface area contributed by atoms with Gasteiger partial charge < -0.3 is 19.3 Å². The van der Waals surface area contributed by atoms with E-state index >= 15 is 0 Å². The number of nitrogens with one attached hydrogen (secondary N) is 1. The molecule has 152 valence electrons. The van der Waals surface area contributed by atoms with Crippen LogP contribution in [0.15, 0.2) is 33.7 Å². The van der Waals surface area contributed by atoms with Gasteiger partial charge in [-0.1, -0.05) is 11.6 Å². The van der Waals surface area contributed by atoms with Gasteiger partial charge >= 0.3 is 0 Å². The van der Waals surface area contributed by atoms with Gasteiger partial charge in [-0.05, 0) is 31.0 Å². The van der Waals surface area contributed by atoms with E-state index in [-0.39, 0.29) is 22.9 Å². The summed E-state index contributed by atoms with van der Waals surface area (Å²) in [6, 6.07) is 5.96. The lowest BCUT2D eigenvalue weighted by Gasteiger charge is -2.26. The molecule has 1 saturated heterocycles. The van der Waals surface area contributed by atoms with Gasteiger partial charge in [-0.15, -0.1) is 0 Å². The van der Waals surface area contributed by atoms with Crippen LogP contribution in [0, 0.1) is 0 Å². The number of sulfonamides is 1. The zero-order chi connectivity index (χ0) is 20.1. The van der Waals surface area contributed by atoms with E-state index < -0.39 is 15.9 Å². The first-order valence-electron chi connectivity index (χ1n) is 8.90. The number of rotatable bonds is 7. The third-order valence-corrected chi connectivity index (χ3v) is 6.35. The van der Waals surface area contributed by atoms with Crippen molar-refractivity contribution < 1.29 is 27.2 Å². The van der Waals surface area contributed by atoms with Crippen LogP contribution in [0.2, 0.25) is 0 Å². The van der Waals surface area contributed by atoms with Gasteiger partial charge in [0.1, 0.15) is 17.3 Å². The molecule has 1 fully saturated rings. The van der Waals surface area contributed by atoms with E-state index in [1.165, 1.54) is 36.7 Å². The maximum Gasteiger partial charge on any atom is 0.277 e. The summed E-state index contributed by atoms with van der Waals surface area (Å²) < 4.78 is 42.7. The molecule has 0 unspecified atom stereocenters. The molecule has 1 aromatic heterocycles. The van der Waals surface area contributed by atoms with Crippen LogP contribution in [0.25, 0.3) is 0 Å². The molecule has 10 heteroatoms. The summed E-state index contributed by atoms with van der Waals surface area (Å²) in [6.07, 6.45) is 2.67. The first-order chi connectivity index (χ1) is 13.5. The second kappa shape index (κ2) is 8.72. The van der Waals surface area contributed by atoms with Crippen LogP contribution in [0.5, 0.6) is 5.75 Å². The Kier molecular flexibility index (Phi) is 6.32. The first-order valence-corrected chi connectivity index (χ1v) is 10.3. The predicted molar refractivity (Wildman–Crippen MR) is 101 cm³/mol. The monoisotopic (exact) mass is 409 g/mol. The molecule has 1 aliphatic rings. The van der Waals surface area contributed by atoms with E-state index in [9.17, 15) is 13.2 Å². The highest BCUT2D eigenvalue weighted by Gasteiger charge is 2.29. The molecule has 3 rings (SSSR count). The third-order valence-electron chi connectivity index (χ3n) is 4.43. The van der Waals surface area contributed by atoms with E-state index in [1.807, 2.05) is 0 Å². The molecule has 0 bridgehead atoms. The van der Waals surface area contributed by atoms with Crippen LogP contribution in [-0.4, -0.2) is 51.1 Å². The van der Waals surface area contributed by atoms with Gasteiger partial charge in [-0.3, -0.25) is 4.79 Å². The molecule has 0 aliphatic carbocycles. The van der Waals surface area contributed by atoms with Crippen molar-refractivity contribution in [2.45, 2.75) is 30.8 Å². The molecule has 1 aromatic carbocycles. The van der Waals surface area contributed by atoms with Crippen molar-refractivity contribution in [2.75, 3.05) is 32.6 Å². The molecular formula is C18H23N3O6S. The molecule has 1 aliphatic heterocycles. The highest BCUT2D eigenvalue weighted by atomic mass is 32.2. The summed E-state index contributed by atoms with van der Waals surface area (Å²) in [6.45, 7) is 1.15. The minimum absolute atomic E-state index is 0.0231. The Morgan fingerprint density at radius 3 is 2.64 bits per heavy atom. The second-order valence-electron chi connectivity index (χ2n) is 6.40. The van der Waals surface area contributed by atoms with Crippen molar-refractivity contribution in [3.8, 4) is 5.75 Å². The quantitative estimate of drug-likeness (QED) is 0.746. The Bertz CT molecular complexity index is 935. The zero-order valence-corrected chi connectivity index (χ0v) is 16.6. The number of methoxy groups -OCH3 is 2. The van der Waals surface area contributed by atoms with Crippen molar-refractivity contribution in [2.24, 2.45) is 0 Å². The minimum atomic E-state index is -3.72. The van der Waals surface area contributed by atoms with E-state index in [2.05, 4.69) is 10.5 Å². The molecule has 0 atom stereocenters. The Hall–Kier alpha value is -2.43. The molecule has 2 heterocycles.